The van der Waals surface area contributed by atoms with Gasteiger partial charge in [0.25, 0.3) is 0 Å². The number of fused-ring (bicyclic) bond motifs is 3. The van der Waals surface area contributed by atoms with Crippen LogP contribution in [0.2, 0.25) is 0 Å². The molecule has 1 fully saturated rings. The molecule has 2 aliphatic rings. The van der Waals surface area contributed by atoms with Crippen LogP contribution in [0.5, 0.6) is 0 Å². The van der Waals surface area contributed by atoms with Gasteiger partial charge >= 0.3 is 0 Å². The minimum atomic E-state index is 0.212. The second kappa shape index (κ2) is 2.00. The lowest BCUT2D eigenvalue weighted by atomic mass is 10.0. The molecular formula is C11H7NO. The standard InChI is InChI=1S/C11H7NO/c12-5-6-2-1-3-7-10(6)8-4-9(8)11(7)13/h1-3,8-9H,4H2. The van der Waals surface area contributed by atoms with Gasteiger partial charge in [0.1, 0.15) is 0 Å². The molecule has 2 nitrogen and oxygen atoms in total. The normalized spacial score (nSPS) is 27.8. The van der Waals surface area contributed by atoms with Crippen molar-refractivity contribution in [3.05, 3.63) is 34.9 Å². The van der Waals surface area contributed by atoms with Crippen molar-refractivity contribution < 1.29 is 4.79 Å². The fraction of sp³-hybridized carbons (Fsp3) is 0.273. The fourth-order valence-corrected chi connectivity index (χ4v) is 2.28. The summed E-state index contributed by atoms with van der Waals surface area (Å²) >= 11 is 0. The molecule has 1 aromatic rings. The first-order chi connectivity index (χ1) is 6.33. The topological polar surface area (TPSA) is 40.9 Å². The van der Waals surface area contributed by atoms with Crippen molar-refractivity contribution in [1.29, 1.82) is 5.26 Å². The third kappa shape index (κ3) is 0.695. The van der Waals surface area contributed by atoms with E-state index in [0.29, 0.717) is 11.5 Å². The molecule has 2 aliphatic carbocycles. The van der Waals surface area contributed by atoms with E-state index in [2.05, 4.69) is 6.07 Å². The van der Waals surface area contributed by atoms with Crippen molar-refractivity contribution in [3.8, 4) is 6.07 Å². The van der Waals surface area contributed by atoms with Gasteiger partial charge in [-0.3, -0.25) is 4.79 Å². The highest BCUT2D eigenvalue weighted by atomic mass is 16.1. The quantitative estimate of drug-likeness (QED) is 0.594. The highest BCUT2D eigenvalue weighted by molar-refractivity contribution is 6.06. The van der Waals surface area contributed by atoms with E-state index in [4.69, 9.17) is 5.26 Å². The number of Topliss-reactive ketones (excluding diaryl/α,β-unsaturated/α-hetero) is 1. The first-order valence-corrected chi connectivity index (χ1v) is 4.40. The number of carbonyl (C=O) groups excluding carboxylic acids is 1. The van der Waals surface area contributed by atoms with E-state index >= 15 is 0 Å². The molecule has 1 saturated carbocycles. The Morgan fingerprint density at radius 3 is 3.00 bits per heavy atom. The number of hydrogen-bond acceptors (Lipinski definition) is 2. The molecule has 0 aromatic heterocycles. The highest BCUT2D eigenvalue weighted by Crippen LogP contribution is 2.56. The molecule has 0 spiro atoms. The van der Waals surface area contributed by atoms with Crippen molar-refractivity contribution in [2.24, 2.45) is 5.92 Å². The van der Waals surface area contributed by atoms with Gasteiger partial charge in [-0.1, -0.05) is 12.1 Å². The molecule has 0 radical (unpaired) electrons. The third-order valence-electron chi connectivity index (χ3n) is 2.99. The minimum absolute atomic E-state index is 0.212. The maximum Gasteiger partial charge on any atom is 0.166 e. The monoisotopic (exact) mass is 169 g/mol. The summed E-state index contributed by atoms with van der Waals surface area (Å²) in [5.74, 6) is 0.833. The molecule has 0 amide bonds. The highest BCUT2D eigenvalue weighted by Gasteiger charge is 2.52. The lowest BCUT2D eigenvalue weighted by molar-refractivity contribution is 0.0974. The van der Waals surface area contributed by atoms with Crippen LogP contribution in [0.1, 0.15) is 33.8 Å². The van der Waals surface area contributed by atoms with Crippen molar-refractivity contribution in [2.75, 3.05) is 0 Å². The second-order valence-electron chi connectivity index (χ2n) is 3.69. The summed E-state index contributed by atoms with van der Waals surface area (Å²) in [5, 5.41) is 8.86. The first kappa shape index (κ1) is 6.85. The van der Waals surface area contributed by atoms with E-state index in [1.54, 1.807) is 12.1 Å². The summed E-state index contributed by atoms with van der Waals surface area (Å²) in [6.45, 7) is 0. The Morgan fingerprint density at radius 1 is 1.38 bits per heavy atom. The summed E-state index contributed by atoms with van der Waals surface area (Å²) < 4.78 is 0. The van der Waals surface area contributed by atoms with Crippen molar-refractivity contribution in [1.82, 2.24) is 0 Å². The summed E-state index contributed by atoms with van der Waals surface area (Å²) in [6.07, 6.45) is 0.963. The molecular weight excluding hydrogens is 162 g/mol. The zero-order chi connectivity index (χ0) is 9.00. The largest absolute Gasteiger partial charge is 0.294 e. The Kier molecular flexibility index (Phi) is 1.05. The van der Waals surface area contributed by atoms with Crippen LogP contribution in [0.4, 0.5) is 0 Å². The molecule has 2 atom stereocenters. The molecule has 0 aliphatic heterocycles. The van der Waals surface area contributed by atoms with Gasteiger partial charge in [-0.25, -0.2) is 0 Å². The van der Waals surface area contributed by atoms with Gasteiger partial charge in [-0.05, 0) is 24.0 Å². The third-order valence-corrected chi connectivity index (χ3v) is 2.99. The van der Waals surface area contributed by atoms with Crippen LogP contribution in [-0.2, 0) is 0 Å². The van der Waals surface area contributed by atoms with Crippen LogP contribution in [0.3, 0.4) is 0 Å². The lowest BCUT2D eigenvalue weighted by Gasteiger charge is -2.01. The number of benzene rings is 1. The number of nitrogens with zero attached hydrogens (tertiary/aromatic N) is 1. The summed E-state index contributed by atoms with van der Waals surface area (Å²) in [4.78, 5) is 11.6. The van der Waals surface area contributed by atoms with Gasteiger partial charge in [0, 0.05) is 11.5 Å². The number of rotatable bonds is 0. The second-order valence-corrected chi connectivity index (χ2v) is 3.69. The van der Waals surface area contributed by atoms with Crippen LogP contribution in [0, 0.1) is 17.2 Å². The van der Waals surface area contributed by atoms with Gasteiger partial charge in [-0.15, -0.1) is 0 Å². The van der Waals surface area contributed by atoms with E-state index in [1.165, 1.54) is 0 Å². The zero-order valence-corrected chi connectivity index (χ0v) is 6.95. The van der Waals surface area contributed by atoms with Crippen LogP contribution in [-0.4, -0.2) is 5.78 Å². The van der Waals surface area contributed by atoms with Gasteiger partial charge < -0.3 is 0 Å². The van der Waals surface area contributed by atoms with E-state index in [9.17, 15) is 4.79 Å². The molecule has 0 saturated heterocycles. The Hall–Kier alpha value is -1.62. The van der Waals surface area contributed by atoms with Crippen LogP contribution in [0.15, 0.2) is 18.2 Å². The number of carbonyl (C=O) groups is 1. The van der Waals surface area contributed by atoms with Crippen molar-refractivity contribution in [3.63, 3.8) is 0 Å². The lowest BCUT2D eigenvalue weighted by Crippen LogP contribution is -1.98. The first-order valence-electron chi connectivity index (χ1n) is 4.40. The molecule has 13 heavy (non-hydrogen) atoms. The SMILES string of the molecule is N#Cc1cccc2c1C1CC1C2=O. The van der Waals surface area contributed by atoms with Crippen LogP contribution < -0.4 is 0 Å². The predicted octanol–water partition coefficient (Wildman–Crippen LogP) is 1.86. The Balaban J connectivity index is 2.32. The number of ketones is 1. The zero-order valence-electron chi connectivity index (χ0n) is 6.95. The van der Waals surface area contributed by atoms with Crippen LogP contribution in [0.25, 0.3) is 0 Å². The average Bonchev–Trinajstić information content (AvgIpc) is 2.90. The van der Waals surface area contributed by atoms with Crippen LogP contribution >= 0.6 is 0 Å². The van der Waals surface area contributed by atoms with E-state index in [0.717, 1.165) is 17.5 Å². The maximum absolute atomic E-state index is 11.6. The molecule has 3 rings (SSSR count). The average molecular weight is 169 g/mol. The summed E-state index contributed by atoms with van der Waals surface area (Å²) in [5.41, 5.74) is 2.50. The molecule has 1 aromatic carbocycles. The predicted molar refractivity (Wildman–Crippen MR) is 46.3 cm³/mol. The smallest absolute Gasteiger partial charge is 0.166 e. The van der Waals surface area contributed by atoms with Gasteiger partial charge in [0.2, 0.25) is 0 Å². The molecule has 0 heterocycles. The Bertz CT molecular complexity index is 456. The molecule has 62 valence electrons. The fourth-order valence-electron chi connectivity index (χ4n) is 2.28. The van der Waals surface area contributed by atoms with Gasteiger partial charge in [0.05, 0.1) is 11.6 Å². The number of nitriles is 1. The van der Waals surface area contributed by atoms with Gasteiger partial charge in [0.15, 0.2) is 5.78 Å². The summed E-state index contributed by atoms with van der Waals surface area (Å²) in [6, 6.07) is 7.58. The summed E-state index contributed by atoms with van der Waals surface area (Å²) in [7, 11) is 0. The van der Waals surface area contributed by atoms with Crippen molar-refractivity contribution in [2.45, 2.75) is 12.3 Å². The van der Waals surface area contributed by atoms with E-state index in [1.807, 2.05) is 6.07 Å². The Morgan fingerprint density at radius 2 is 2.23 bits per heavy atom. The minimum Gasteiger partial charge on any atom is -0.294 e. The maximum atomic E-state index is 11.6. The molecule has 0 bridgehead atoms. The van der Waals surface area contributed by atoms with E-state index in [-0.39, 0.29) is 11.7 Å². The van der Waals surface area contributed by atoms with Crippen molar-refractivity contribution >= 4 is 5.78 Å². The molecule has 0 N–H and O–H groups in total. The number of hydrogen-bond donors (Lipinski definition) is 0. The molecule has 2 unspecified atom stereocenters. The van der Waals surface area contributed by atoms with E-state index < -0.39 is 0 Å². The Labute approximate surface area is 75.8 Å². The molecule has 2 heteroatoms. The van der Waals surface area contributed by atoms with Gasteiger partial charge in [-0.2, -0.15) is 5.26 Å².